The Morgan fingerprint density at radius 1 is 1.20 bits per heavy atom. The van der Waals surface area contributed by atoms with Crippen LogP contribution in [0.2, 0.25) is 5.02 Å². The molecule has 0 bridgehead atoms. The monoisotopic (exact) mass is 298 g/mol. The first-order valence-electron chi connectivity index (χ1n) is 7.26. The number of anilines is 1. The number of nitrogens with one attached hydrogen (secondary N) is 1. The summed E-state index contributed by atoms with van der Waals surface area (Å²) in [7, 11) is 0. The highest BCUT2D eigenvalue weighted by Gasteiger charge is 2.26. The molecule has 1 aromatic rings. The third-order valence-electron chi connectivity index (χ3n) is 4.15. The van der Waals surface area contributed by atoms with E-state index in [1.807, 2.05) is 0 Å². The van der Waals surface area contributed by atoms with E-state index in [2.05, 4.69) is 10.2 Å². The van der Waals surface area contributed by atoms with Gasteiger partial charge in [-0.15, -0.1) is 0 Å². The smallest absolute Gasteiger partial charge is 0.141 e. The lowest BCUT2D eigenvalue weighted by Gasteiger charge is -2.27. The Labute approximate surface area is 124 Å². The normalized spacial score (nSPS) is 24.3. The van der Waals surface area contributed by atoms with Crippen molar-refractivity contribution in [1.29, 1.82) is 0 Å². The summed E-state index contributed by atoms with van der Waals surface area (Å²) in [6.07, 6.45) is 3.31. The lowest BCUT2D eigenvalue weighted by molar-refractivity contribution is 0.0755. The molecule has 2 aliphatic rings. The van der Waals surface area contributed by atoms with Gasteiger partial charge < -0.3 is 15.0 Å². The van der Waals surface area contributed by atoms with Crippen molar-refractivity contribution >= 4 is 17.3 Å². The van der Waals surface area contributed by atoms with Crippen LogP contribution in [0, 0.1) is 5.82 Å². The highest BCUT2D eigenvalue weighted by molar-refractivity contribution is 6.31. The number of benzene rings is 1. The van der Waals surface area contributed by atoms with Crippen molar-refractivity contribution in [3.63, 3.8) is 0 Å². The third-order valence-corrected chi connectivity index (χ3v) is 4.44. The van der Waals surface area contributed by atoms with E-state index in [1.165, 1.54) is 6.07 Å². The van der Waals surface area contributed by atoms with Crippen LogP contribution in [0.3, 0.4) is 0 Å². The van der Waals surface area contributed by atoms with Crippen LogP contribution in [0.15, 0.2) is 18.2 Å². The van der Waals surface area contributed by atoms with Crippen LogP contribution in [0.5, 0.6) is 0 Å². The van der Waals surface area contributed by atoms with Gasteiger partial charge >= 0.3 is 0 Å². The van der Waals surface area contributed by atoms with Crippen molar-refractivity contribution in [2.24, 2.45) is 0 Å². The molecule has 20 heavy (non-hydrogen) atoms. The summed E-state index contributed by atoms with van der Waals surface area (Å²) in [5, 5.41) is 3.91. The second-order valence-corrected chi connectivity index (χ2v) is 5.99. The van der Waals surface area contributed by atoms with E-state index in [0.717, 1.165) is 51.3 Å². The second kappa shape index (κ2) is 6.29. The highest BCUT2D eigenvalue weighted by atomic mass is 35.5. The molecule has 5 heteroatoms. The number of rotatable bonds is 3. The quantitative estimate of drug-likeness (QED) is 0.929. The molecule has 1 atom stereocenters. The Kier molecular flexibility index (Phi) is 4.44. The molecule has 110 valence electrons. The van der Waals surface area contributed by atoms with Gasteiger partial charge in [0.1, 0.15) is 5.82 Å². The first-order valence-corrected chi connectivity index (χ1v) is 7.64. The van der Waals surface area contributed by atoms with E-state index in [-0.39, 0.29) is 10.8 Å². The summed E-state index contributed by atoms with van der Waals surface area (Å²) in [4.78, 5) is 2.27. The van der Waals surface area contributed by atoms with Gasteiger partial charge in [0, 0.05) is 44.1 Å². The van der Waals surface area contributed by atoms with E-state index < -0.39 is 0 Å². The van der Waals surface area contributed by atoms with Crippen LogP contribution in [-0.2, 0) is 4.74 Å². The van der Waals surface area contributed by atoms with Crippen molar-refractivity contribution in [2.45, 2.75) is 31.3 Å². The number of nitrogens with zero attached hydrogens (tertiary/aromatic N) is 1. The van der Waals surface area contributed by atoms with Gasteiger partial charge in [-0.05, 0) is 37.5 Å². The fourth-order valence-electron chi connectivity index (χ4n) is 3.01. The molecule has 3 nitrogen and oxygen atoms in total. The largest absolute Gasteiger partial charge is 0.381 e. The molecule has 0 aromatic heterocycles. The molecule has 2 fully saturated rings. The summed E-state index contributed by atoms with van der Waals surface area (Å²) in [5.74, 6) is -0.355. The second-order valence-electron chi connectivity index (χ2n) is 5.58. The Balaban J connectivity index is 1.57. The highest BCUT2D eigenvalue weighted by Crippen LogP contribution is 2.26. The molecule has 0 amide bonds. The minimum absolute atomic E-state index is 0.198. The van der Waals surface area contributed by atoms with Gasteiger partial charge in [-0.25, -0.2) is 4.39 Å². The Bertz CT molecular complexity index is 465. The van der Waals surface area contributed by atoms with Crippen molar-refractivity contribution in [3.05, 3.63) is 29.0 Å². The fraction of sp³-hybridized carbons (Fsp3) is 0.600. The van der Waals surface area contributed by atoms with Gasteiger partial charge in [-0.3, -0.25) is 0 Å². The van der Waals surface area contributed by atoms with Crippen LogP contribution < -0.4 is 10.2 Å². The minimum atomic E-state index is -0.355. The van der Waals surface area contributed by atoms with Gasteiger partial charge in [0.05, 0.1) is 5.02 Å². The number of hydrogen-bond acceptors (Lipinski definition) is 3. The SMILES string of the molecule is Fc1ccc(N2CCC(NC3CCOCC3)C2)cc1Cl. The zero-order chi connectivity index (χ0) is 13.9. The molecule has 0 saturated carbocycles. The Hall–Kier alpha value is -0.840. The molecule has 2 aliphatic heterocycles. The van der Waals surface area contributed by atoms with Crippen LogP contribution in [0.1, 0.15) is 19.3 Å². The lowest BCUT2D eigenvalue weighted by Crippen LogP contribution is -2.42. The average molecular weight is 299 g/mol. The first-order chi connectivity index (χ1) is 9.72. The summed E-state index contributed by atoms with van der Waals surface area (Å²) < 4.78 is 18.6. The standard InChI is InChI=1S/C15H20ClFN2O/c16-14-9-13(1-2-15(14)17)19-6-3-12(10-19)18-11-4-7-20-8-5-11/h1-2,9,11-12,18H,3-8,10H2. The summed E-state index contributed by atoms with van der Waals surface area (Å²) in [6, 6.07) is 6.04. The van der Waals surface area contributed by atoms with Crippen molar-refractivity contribution < 1.29 is 9.13 Å². The predicted octanol–water partition coefficient (Wildman–Crippen LogP) is 2.83. The molecule has 1 N–H and O–H groups in total. The fourth-order valence-corrected chi connectivity index (χ4v) is 3.18. The number of ether oxygens (including phenoxy) is 1. The number of halogens is 2. The van der Waals surface area contributed by atoms with Crippen LogP contribution in [0.4, 0.5) is 10.1 Å². The molecule has 0 aliphatic carbocycles. The molecular formula is C15H20ClFN2O. The first kappa shape index (κ1) is 14.1. The summed E-state index contributed by atoms with van der Waals surface area (Å²) in [5.41, 5.74) is 1.01. The minimum Gasteiger partial charge on any atom is -0.381 e. The molecule has 0 radical (unpaired) electrons. The zero-order valence-electron chi connectivity index (χ0n) is 11.4. The summed E-state index contributed by atoms with van der Waals surface area (Å²) in [6.45, 7) is 3.67. The van der Waals surface area contributed by atoms with Crippen molar-refractivity contribution in [3.8, 4) is 0 Å². The maximum Gasteiger partial charge on any atom is 0.141 e. The topological polar surface area (TPSA) is 24.5 Å². The van der Waals surface area contributed by atoms with Gasteiger partial charge in [0.15, 0.2) is 0 Å². The molecule has 2 saturated heterocycles. The van der Waals surface area contributed by atoms with E-state index in [4.69, 9.17) is 16.3 Å². The van der Waals surface area contributed by atoms with Gasteiger partial charge in [-0.1, -0.05) is 11.6 Å². The van der Waals surface area contributed by atoms with Crippen molar-refractivity contribution in [2.75, 3.05) is 31.2 Å². The predicted molar refractivity (Wildman–Crippen MR) is 79.0 cm³/mol. The van der Waals surface area contributed by atoms with E-state index in [9.17, 15) is 4.39 Å². The Morgan fingerprint density at radius 2 is 2.00 bits per heavy atom. The van der Waals surface area contributed by atoms with Crippen LogP contribution >= 0.6 is 11.6 Å². The van der Waals surface area contributed by atoms with E-state index in [1.54, 1.807) is 12.1 Å². The van der Waals surface area contributed by atoms with Gasteiger partial charge in [0.2, 0.25) is 0 Å². The van der Waals surface area contributed by atoms with Gasteiger partial charge in [-0.2, -0.15) is 0 Å². The maximum atomic E-state index is 13.2. The van der Waals surface area contributed by atoms with Gasteiger partial charge in [0.25, 0.3) is 0 Å². The van der Waals surface area contributed by atoms with E-state index in [0.29, 0.717) is 12.1 Å². The summed E-state index contributed by atoms with van der Waals surface area (Å²) >= 11 is 5.85. The molecule has 1 aromatic carbocycles. The van der Waals surface area contributed by atoms with E-state index >= 15 is 0 Å². The van der Waals surface area contributed by atoms with Crippen LogP contribution in [0.25, 0.3) is 0 Å². The molecule has 3 rings (SSSR count). The molecule has 2 heterocycles. The van der Waals surface area contributed by atoms with Crippen LogP contribution in [-0.4, -0.2) is 38.4 Å². The average Bonchev–Trinajstić information content (AvgIpc) is 2.91. The van der Waals surface area contributed by atoms with Crippen molar-refractivity contribution in [1.82, 2.24) is 5.32 Å². The molecule has 0 spiro atoms. The molecule has 1 unspecified atom stereocenters. The third kappa shape index (κ3) is 3.25. The Morgan fingerprint density at radius 3 is 2.75 bits per heavy atom. The maximum absolute atomic E-state index is 13.2. The number of hydrogen-bond donors (Lipinski definition) is 1. The lowest BCUT2D eigenvalue weighted by atomic mass is 10.1. The zero-order valence-corrected chi connectivity index (χ0v) is 12.2. The molecular weight excluding hydrogens is 279 g/mol.